The molecule has 2 fully saturated rings. The van der Waals surface area contributed by atoms with Gasteiger partial charge < -0.3 is 15.0 Å². The first-order valence-electron chi connectivity index (χ1n) is 7.56. The molecule has 1 aliphatic carbocycles. The molecule has 0 radical (unpaired) electrons. The average Bonchev–Trinajstić information content (AvgIpc) is 2.93. The zero-order valence-electron chi connectivity index (χ0n) is 12.0. The number of carbonyl (C=O) groups is 1. The third-order valence-electron chi connectivity index (χ3n) is 4.20. The third kappa shape index (κ3) is 3.73. The molecule has 1 heterocycles. The number of carbonyl (C=O) groups excluding carboxylic acids is 1. The highest BCUT2D eigenvalue weighted by Crippen LogP contribution is 2.24. The van der Waals surface area contributed by atoms with Gasteiger partial charge in [0.15, 0.2) is 0 Å². The smallest absolute Gasteiger partial charge is 0.410 e. The van der Waals surface area contributed by atoms with Crippen LogP contribution in [0.1, 0.15) is 24.8 Å². The lowest BCUT2D eigenvalue weighted by atomic mass is 9.90. The van der Waals surface area contributed by atoms with Crippen molar-refractivity contribution in [2.24, 2.45) is 0 Å². The summed E-state index contributed by atoms with van der Waals surface area (Å²) in [5.41, 5.74) is 0.989. The number of benzene rings is 1. The fourth-order valence-electron chi connectivity index (χ4n) is 2.89. The number of amides is 1. The molecule has 1 aliphatic heterocycles. The van der Waals surface area contributed by atoms with Crippen LogP contribution in [0, 0.1) is 0 Å². The van der Waals surface area contributed by atoms with E-state index in [-0.39, 0.29) is 18.2 Å². The van der Waals surface area contributed by atoms with Crippen molar-refractivity contribution in [3.8, 4) is 0 Å². The van der Waals surface area contributed by atoms with Crippen LogP contribution >= 0.6 is 0 Å². The number of likely N-dealkylation sites (tertiary alicyclic amines) is 1. The fraction of sp³-hybridized carbons (Fsp3) is 0.562. The predicted molar refractivity (Wildman–Crippen MR) is 77.7 cm³/mol. The van der Waals surface area contributed by atoms with E-state index in [1.165, 1.54) is 0 Å². The molecule has 1 amide bonds. The lowest BCUT2D eigenvalue weighted by Crippen LogP contribution is -2.48. The molecule has 21 heavy (non-hydrogen) atoms. The van der Waals surface area contributed by atoms with Gasteiger partial charge in [0.05, 0.1) is 0 Å². The summed E-state index contributed by atoms with van der Waals surface area (Å²) in [5.74, 6) is 0. The van der Waals surface area contributed by atoms with Crippen LogP contribution in [0.4, 0.5) is 9.18 Å². The number of rotatable bonds is 4. The molecule has 1 aromatic carbocycles. The summed E-state index contributed by atoms with van der Waals surface area (Å²) in [6, 6.07) is 10.2. The van der Waals surface area contributed by atoms with Crippen LogP contribution in [0.3, 0.4) is 0 Å². The van der Waals surface area contributed by atoms with Crippen LogP contribution < -0.4 is 5.32 Å². The molecule has 5 heteroatoms. The predicted octanol–water partition coefficient (Wildman–Crippen LogP) is 2.49. The Morgan fingerprint density at radius 2 is 2.05 bits per heavy atom. The van der Waals surface area contributed by atoms with Crippen molar-refractivity contribution < 1.29 is 13.9 Å². The van der Waals surface area contributed by atoms with Gasteiger partial charge in [-0.2, -0.15) is 0 Å². The summed E-state index contributed by atoms with van der Waals surface area (Å²) < 4.78 is 18.1. The van der Waals surface area contributed by atoms with Gasteiger partial charge in [0, 0.05) is 25.2 Å². The molecule has 4 nitrogen and oxygen atoms in total. The Labute approximate surface area is 124 Å². The quantitative estimate of drug-likeness (QED) is 0.927. The number of nitrogens with zero attached hydrogens (tertiary/aromatic N) is 1. The Balaban J connectivity index is 1.40. The molecule has 1 N–H and O–H groups in total. The first kappa shape index (κ1) is 14.3. The largest absolute Gasteiger partial charge is 0.445 e. The maximum Gasteiger partial charge on any atom is 0.410 e. The second-order valence-electron chi connectivity index (χ2n) is 5.90. The van der Waals surface area contributed by atoms with Gasteiger partial charge in [0.25, 0.3) is 0 Å². The van der Waals surface area contributed by atoms with Crippen molar-refractivity contribution >= 4 is 6.09 Å². The minimum Gasteiger partial charge on any atom is -0.445 e. The van der Waals surface area contributed by atoms with Gasteiger partial charge in [-0.3, -0.25) is 0 Å². The van der Waals surface area contributed by atoms with E-state index < -0.39 is 6.17 Å². The lowest BCUT2D eigenvalue weighted by molar-refractivity contribution is 0.102. The Morgan fingerprint density at radius 1 is 1.29 bits per heavy atom. The topological polar surface area (TPSA) is 41.6 Å². The molecule has 3 rings (SSSR count). The van der Waals surface area contributed by atoms with Gasteiger partial charge in [-0.15, -0.1) is 0 Å². The van der Waals surface area contributed by atoms with Crippen LogP contribution in [-0.2, 0) is 11.3 Å². The van der Waals surface area contributed by atoms with E-state index in [1.54, 1.807) is 4.90 Å². The monoisotopic (exact) mass is 292 g/mol. The number of alkyl halides is 1. The van der Waals surface area contributed by atoms with E-state index in [4.69, 9.17) is 4.74 Å². The van der Waals surface area contributed by atoms with Gasteiger partial charge in [0.2, 0.25) is 0 Å². The maximum absolute atomic E-state index is 12.8. The molecule has 1 aromatic rings. The molecule has 2 aliphatic rings. The molecule has 0 unspecified atom stereocenters. The van der Waals surface area contributed by atoms with E-state index in [0.717, 1.165) is 12.0 Å². The minimum absolute atomic E-state index is 0.264. The maximum atomic E-state index is 12.8. The van der Waals surface area contributed by atoms with Crippen LogP contribution in [0.15, 0.2) is 30.3 Å². The van der Waals surface area contributed by atoms with Crippen LogP contribution in [-0.4, -0.2) is 42.3 Å². The molecule has 0 spiro atoms. The van der Waals surface area contributed by atoms with Crippen molar-refractivity contribution in [1.29, 1.82) is 0 Å². The summed E-state index contributed by atoms with van der Waals surface area (Å²) in [7, 11) is 0. The summed E-state index contributed by atoms with van der Waals surface area (Å²) in [4.78, 5) is 13.7. The minimum atomic E-state index is -0.643. The molecule has 114 valence electrons. The number of hydrogen-bond donors (Lipinski definition) is 1. The van der Waals surface area contributed by atoms with Gasteiger partial charge >= 0.3 is 6.09 Å². The summed E-state index contributed by atoms with van der Waals surface area (Å²) in [5, 5.41) is 3.41. The van der Waals surface area contributed by atoms with Gasteiger partial charge in [-0.1, -0.05) is 30.3 Å². The summed E-state index contributed by atoms with van der Waals surface area (Å²) in [6.45, 7) is 1.67. The van der Waals surface area contributed by atoms with Crippen LogP contribution in [0.25, 0.3) is 0 Å². The normalized spacial score (nSPS) is 28.2. The molecule has 1 atom stereocenters. The highest BCUT2D eigenvalue weighted by Gasteiger charge is 2.34. The number of hydrogen-bond acceptors (Lipinski definition) is 3. The van der Waals surface area contributed by atoms with Crippen LogP contribution in [0.2, 0.25) is 0 Å². The zero-order valence-corrected chi connectivity index (χ0v) is 12.0. The van der Waals surface area contributed by atoms with E-state index >= 15 is 0 Å². The molecule has 0 bridgehead atoms. The Kier molecular flexibility index (Phi) is 4.39. The van der Waals surface area contributed by atoms with Crippen molar-refractivity contribution in [1.82, 2.24) is 10.2 Å². The summed E-state index contributed by atoms with van der Waals surface area (Å²) >= 11 is 0. The lowest BCUT2D eigenvalue weighted by Gasteiger charge is -2.32. The third-order valence-corrected chi connectivity index (χ3v) is 4.20. The first-order valence-corrected chi connectivity index (χ1v) is 7.56. The van der Waals surface area contributed by atoms with Crippen molar-refractivity contribution in [3.63, 3.8) is 0 Å². The SMILES string of the molecule is O=C(OCc1ccccc1)N1CC[C@@H](NC2CC(F)C2)C1. The number of ether oxygens (including phenoxy) is 1. The van der Waals surface area contributed by atoms with E-state index in [1.807, 2.05) is 30.3 Å². The summed E-state index contributed by atoms with van der Waals surface area (Å²) in [6.07, 6.45) is 1.22. The van der Waals surface area contributed by atoms with Gasteiger partial charge in [-0.05, 0) is 24.8 Å². The van der Waals surface area contributed by atoms with Crippen molar-refractivity contribution in [2.75, 3.05) is 13.1 Å². The van der Waals surface area contributed by atoms with Crippen LogP contribution in [0.5, 0.6) is 0 Å². The zero-order chi connectivity index (χ0) is 14.7. The number of halogens is 1. The highest BCUT2D eigenvalue weighted by atomic mass is 19.1. The molecule has 0 aromatic heterocycles. The fourth-order valence-corrected chi connectivity index (χ4v) is 2.89. The Hall–Kier alpha value is -1.62. The van der Waals surface area contributed by atoms with Gasteiger partial charge in [-0.25, -0.2) is 9.18 Å². The number of nitrogens with one attached hydrogen (secondary N) is 1. The van der Waals surface area contributed by atoms with E-state index in [0.29, 0.717) is 32.5 Å². The second kappa shape index (κ2) is 6.43. The van der Waals surface area contributed by atoms with Crippen molar-refractivity contribution in [3.05, 3.63) is 35.9 Å². The standard InChI is InChI=1S/C16H21FN2O2/c17-13-8-15(9-13)18-14-6-7-19(10-14)16(20)21-11-12-4-2-1-3-5-12/h1-5,13-15,18H,6-11H2/t13?,14-,15?/m1/s1. The Morgan fingerprint density at radius 3 is 2.76 bits per heavy atom. The highest BCUT2D eigenvalue weighted by molar-refractivity contribution is 5.68. The average molecular weight is 292 g/mol. The molecule has 1 saturated heterocycles. The second-order valence-corrected chi connectivity index (χ2v) is 5.90. The molecular formula is C16H21FN2O2. The van der Waals surface area contributed by atoms with E-state index in [2.05, 4.69) is 5.32 Å². The van der Waals surface area contributed by atoms with Gasteiger partial charge in [0.1, 0.15) is 12.8 Å². The molecular weight excluding hydrogens is 271 g/mol. The Bertz CT molecular complexity index is 476. The first-order chi connectivity index (χ1) is 10.2. The van der Waals surface area contributed by atoms with Crippen molar-refractivity contribution in [2.45, 2.75) is 44.1 Å². The van der Waals surface area contributed by atoms with E-state index in [9.17, 15) is 9.18 Å². The molecule has 1 saturated carbocycles.